The van der Waals surface area contributed by atoms with Crippen LogP contribution in [0.2, 0.25) is 0 Å². The van der Waals surface area contributed by atoms with E-state index in [9.17, 15) is 14.4 Å². The van der Waals surface area contributed by atoms with E-state index < -0.39 is 6.10 Å². The lowest BCUT2D eigenvalue weighted by Gasteiger charge is -2.18. The number of carbonyl (C=O) groups excluding carboxylic acids is 3. The molecule has 6 heteroatoms. The van der Waals surface area contributed by atoms with Gasteiger partial charge in [-0.1, -0.05) is 310 Å². The number of esters is 3. The fourth-order valence-corrected chi connectivity index (χ4v) is 9.52. The minimum atomic E-state index is -0.785. The van der Waals surface area contributed by atoms with Gasteiger partial charge in [0, 0.05) is 19.3 Å². The molecular weight excluding hydrogens is 985 g/mol. The SMILES string of the molecule is CC/C=C\C/C=C\C/C=C\C/C=C\C/C=C\CCCCCCCCCCCCCC(=O)OCC(COC(=O)CCCCCCCCCCCCCCCC)OC(=O)CCCCCCCCCC/C=C\C/C=C\C/C=C\C/C=C\CC. The Morgan fingerprint density at radius 3 is 0.762 bits per heavy atom. The van der Waals surface area contributed by atoms with Crippen LogP contribution in [0.15, 0.2) is 109 Å². The molecule has 1 unspecified atom stereocenters. The normalized spacial score (nSPS) is 12.8. The zero-order valence-electron chi connectivity index (χ0n) is 52.6. The highest BCUT2D eigenvalue weighted by Gasteiger charge is 2.19. The summed E-state index contributed by atoms with van der Waals surface area (Å²) in [6.07, 6.45) is 92.4. The maximum atomic E-state index is 12.9. The second-order valence-corrected chi connectivity index (χ2v) is 22.3. The van der Waals surface area contributed by atoms with Crippen molar-refractivity contribution < 1.29 is 28.6 Å². The number of rotatable bonds is 61. The molecule has 0 amide bonds. The van der Waals surface area contributed by atoms with Gasteiger partial charge in [0.25, 0.3) is 0 Å². The summed E-state index contributed by atoms with van der Waals surface area (Å²) in [5, 5.41) is 0. The summed E-state index contributed by atoms with van der Waals surface area (Å²) < 4.78 is 17.0. The van der Waals surface area contributed by atoms with Crippen molar-refractivity contribution in [1.29, 1.82) is 0 Å². The summed E-state index contributed by atoms with van der Waals surface area (Å²) in [7, 11) is 0. The highest BCUT2D eigenvalue weighted by molar-refractivity contribution is 5.71. The van der Waals surface area contributed by atoms with Crippen molar-refractivity contribution >= 4 is 17.9 Å². The molecule has 0 spiro atoms. The average Bonchev–Trinajstić information content (AvgIpc) is 3.46. The molecule has 80 heavy (non-hydrogen) atoms. The molecule has 0 aromatic carbocycles. The molecule has 0 aliphatic heterocycles. The number of unbranched alkanes of at least 4 members (excludes halogenated alkanes) is 32. The Bertz CT molecular complexity index is 1610. The highest BCUT2D eigenvalue weighted by atomic mass is 16.6. The Kier molecular flexibility index (Phi) is 64.3. The van der Waals surface area contributed by atoms with E-state index in [0.29, 0.717) is 19.3 Å². The van der Waals surface area contributed by atoms with Gasteiger partial charge in [-0.05, 0) is 103 Å². The number of ether oxygens (including phenoxy) is 3. The molecule has 6 nitrogen and oxygen atoms in total. The van der Waals surface area contributed by atoms with Gasteiger partial charge in [0.15, 0.2) is 6.10 Å². The molecule has 0 aliphatic carbocycles. The molecule has 0 saturated carbocycles. The van der Waals surface area contributed by atoms with Crippen molar-refractivity contribution in [3.63, 3.8) is 0 Å². The summed E-state index contributed by atoms with van der Waals surface area (Å²) >= 11 is 0. The third-order valence-corrected chi connectivity index (χ3v) is 14.5. The van der Waals surface area contributed by atoms with Crippen LogP contribution in [0.4, 0.5) is 0 Å². The van der Waals surface area contributed by atoms with Crippen LogP contribution in [-0.4, -0.2) is 37.2 Å². The van der Waals surface area contributed by atoms with E-state index in [-0.39, 0.29) is 31.1 Å². The van der Waals surface area contributed by atoms with Crippen molar-refractivity contribution in [2.24, 2.45) is 0 Å². The fraction of sp³-hybridized carbons (Fsp3) is 0.716. The maximum Gasteiger partial charge on any atom is 0.306 e. The lowest BCUT2D eigenvalue weighted by molar-refractivity contribution is -0.167. The molecule has 1 atom stereocenters. The molecule has 0 rings (SSSR count). The van der Waals surface area contributed by atoms with Gasteiger partial charge in [0.1, 0.15) is 13.2 Å². The van der Waals surface area contributed by atoms with Gasteiger partial charge in [0.05, 0.1) is 0 Å². The predicted molar refractivity (Wildman–Crippen MR) is 348 cm³/mol. The predicted octanol–water partition coefficient (Wildman–Crippen LogP) is 23.4. The van der Waals surface area contributed by atoms with Gasteiger partial charge in [0.2, 0.25) is 0 Å². The van der Waals surface area contributed by atoms with E-state index in [0.717, 1.165) is 122 Å². The van der Waals surface area contributed by atoms with E-state index in [1.165, 1.54) is 161 Å². The Hall–Kier alpha value is -3.93. The molecule has 0 heterocycles. The van der Waals surface area contributed by atoms with Gasteiger partial charge in [-0.2, -0.15) is 0 Å². The zero-order chi connectivity index (χ0) is 57.8. The smallest absolute Gasteiger partial charge is 0.306 e. The third-order valence-electron chi connectivity index (χ3n) is 14.5. The van der Waals surface area contributed by atoms with Crippen molar-refractivity contribution in [1.82, 2.24) is 0 Å². The van der Waals surface area contributed by atoms with Crippen LogP contribution in [0.3, 0.4) is 0 Å². The average molecular weight is 1110 g/mol. The fourth-order valence-electron chi connectivity index (χ4n) is 9.52. The molecule has 458 valence electrons. The number of hydrogen-bond acceptors (Lipinski definition) is 6. The Morgan fingerprint density at radius 2 is 0.487 bits per heavy atom. The monoisotopic (exact) mass is 1110 g/mol. The van der Waals surface area contributed by atoms with Crippen LogP contribution < -0.4 is 0 Å². The molecule has 0 N–H and O–H groups in total. The molecule has 0 aliphatic rings. The molecule has 0 saturated heterocycles. The van der Waals surface area contributed by atoms with Crippen molar-refractivity contribution in [3.05, 3.63) is 109 Å². The summed E-state index contributed by atoms with van der Waals surface area (Å²) in [6, 6.07) is 0. The van der Waals surface area contributed by atoms with Gasteiger partial charge < -0.3 is 14.2 Å². The first kappa shape index (κ1) is 76.1. The van der Waals surface area contributed by atoms with E-state index >= 15 is 0 Å². The van der Waals surface area contributed by atoms with Crippen LogP contribution in [0, 0.1) is 0 Å². The quantitative estimate of drug-likeness (QED) is 0.0261. The molecule has 0 radical (unpaired) electrons. The molecule has 0 bridgehead atoms. The summed E-state index contributed by atoms with van der Waals surface area (Å²) in [4.78, 5) is 38.4. The van der Waals surface area contributed by atoms with E-state index in [4.69, 9.17) is 14.2 Å². The standard InChI is InChI=1S/C74H126O6/c1-4-7-10-13-16-19-22-25-28-30-32-34-35-36-37-38-39-41-42-44-46-49-52-55-58-61-64-67-73(76)79-70-71(69-78-72(75)66-63-60-57-54-51-48-27-24-21-18-15-12-9-6-3)80-74(77)68-65-62-59-56-53-50-47-45-43-40-33-31-29-26-23-20-17-14-11-8-5-2/h7-8,10-11,16-17,19-20,25-26,28-29,32-34,36-37,40,71H,4-6,9,12-15,18,21-24,27,30-31,35,38-39,41-70H2,1-3H3/b10-7-,11-8-,19-16-,20-17-,28-25-,29-26-,34-32-,37-36-,40-33-. The van der Waals surface area contributed by atoms with Gasteiger partial charge >= 0.3 is 17.9 Å². The first-order valence-electron chi connectivity index (χ1n) is 33.9. The second kappa shape index (κ2) is 67.6. The first-order chi connectivity index (χ1) is 39.5. The van der Waals surface area contributed by atoms with Crippen LogP contribution in [-0.2, 0) is 28.6 Å². The molecule has 0 aromatic rings. The van der Waals surface area contributed by atoms with Crippen LogP contribution in [0.25, 0.3) is 0 Å². The highest BCUT2D eigenvalue weighted by Crippen LogP contribution is 2.17. The van der Waals surface area contributed by atoms with Gasteiger partial charge in [-0.25, -0.2) is 0 Å². The van der Waals surface area contributed by atoms with Gasteiger partial charge in [-0.15, -0.1) is 0 Å². The van der Waals surface area contributed by atoms with Crippen molar-refractivity contribution in [3.8, 4) is 0 Å². The maximum absolute atomic E-state index is 12.9. The van der Waals surface area contributed by atoms with Crippen LogP contribution in [0.5, 0.6) is 0 Å². The Balaban J connectivity index is 4.33. The second-order valence-electron chi connectivity index (χ2n) is 22.3. The lowest BCUT2D eigenvalue weighted by Crippen LogP contribution is -2.30. The van der Waals surface area contributed by atoms with Crippen LogP contribution >= 0.6 is 0 Å². The van der Waals surface area contributed by atoms with Gasteiger partial charge in [-0.3, -0.25) is 14.4 Å². The summed E-state index contributed by atoms with van der Waals surface area (Å²) in [6.45, 7) is 6.44. The summed E-state index contributed by atoms with van der Waals surface area (Å²) in [5.74, 6) is -0.878. The lowest BCUT2D eigenvalue weighted by atomic mass is 10.0. The molecule has 0 fully saturated rings. The first-order valence-corrected chi connectivity index (χ1v) is 33.9. The summed E-state index contributed by atoms with van der Waals surface area (Å²) in [5.41, 5.74) is 0. The van der Waals surface area contributed by atoms with Crippen LogP contribution in [0.1, 0.15) is 323 Å². The van der Waals surface area contributed by atoms with Crippen molar-refractivity contribution in [2.45, 2.75) is 329 Å². The Labute approximate surface area is 495 Å². The number of hydrogen-bond donors (Lipinski definition) is 0. The van der Waals surface area contributed by atoms with E-state index in [1.54, 1.807) is 0 Å². The molecular formula is C74H126O6. The number of carbonyl (C=O) groups is 3. The van der Waals surface area contributed by atoms with Crippen molar-refractivity contribution in [2.75, 3.05) is 13.2 Å². The molecule has 0 aromatic heterocycles. The number of allylic oxidation sites excluding steroid dienone is 18. The largest absolute Gasteiger partial charge is 0.462 e. The Morgan fingerprint density at radius 1 is 0.263 bits per heavy atom. The topological polar surface area (TPSA) is 78.9 Å². The third kappa shape index (κ3) is 64.9. The minimum Gasteiger partial charge on any atom is -0.462 e. The van der Waals surface area contributed by atoms with E-state index in [1.807, 2.05) is 0 Å². The van der Waals surface area contributed by atoms with E-state index in [2.05, 4.69) is 130 Å². The minimum absolute atomic E-state index is 0.0795. The zero-order valence-corrected chi connectivity index (χ0v) is 52.6.